The summed E-state index contributed by atoms with van der Waals surface area (Å²) < 4.78 is 19.2. The lowest BCUT2D eigenvalue weighted by atomic mass is 9.88. The Hall–Kier alpha value is -2.70. The predicted octanol–water partition coefficient (Wildman–Crippen LogP) is 4.46. The molecule has 0 unspecified atom stereocenters. The van der Waals surface area contributed by atoms with Crippen LogP contribution < -0.4 is 10.6 Å². The average Bonchev–Trinajstić information content (AvgIpc) is 3.18. The van der Waals surface area contributed by atoms with E-state index >= 15 is 0 Å². The highest BCUT2D eigenvalue weighted by Gasteiger charge is 2.28. The molecule has 0 spiro atoms. The van der Waals surface area contributed by atoms with Gasteiger partial charge in [0.2, 0.25) is 11.8 Å². The monoisotopic (exact) mass is 387 g/mol. The molecular weight excluding hydrogens is 361 g/mol. The first-order valence-electron chi connectivity index (χ1n) is 9.77. The molecule has 1 atom stereocenters. The number of para-hydroxylation sites is 1. The minimum absolute atomic E-state index is 0.00829. The van der Waals surface area contributed by atoms with E-state index in [4.69, 9.17) is 4.42 Å². The number of rotatable bonds is 6. The minimum atomic E-state index is -0.568. The van der Waals surface area contributed by atoms with Gasteiger partial charge in [-0.05, 0) is 30.9 Å². The van der Waals surface area contributed by atoms with Crippen molar-refractivity contribution < 1.29 is 18.4 Å². The number of carbonyl (C=O) groups is 2. The van der Waals surface area contributed by atoms with E-state index in [9.17, 15) is 14.0 Å². The van der Waals surface area contributed by atoms with Crippen LogP contribution in [-0.4, -0.2) is 16.8 Å². The largest absolute Gasteiger partial charge is 0.446 e. The van der Waals surface area contributed by atoms with Gasteiger partial charge in [-0.1, -0.05) is 45.2 Å². The van der Waals surface area contributed by atoms with Crippen LogP contribution in [0, 0.1) is 17.7 Å². The SMILES string of the molecule is CC(C)[C@@H](NC(=O)C1CCCCC1)c1nc(C(=O)Nc2ccccc2F)co1. The quantitative estimate of drug-likeness (QED) is 0.766. The number of benzene rings is 1. The normalized spacial score (nSPS) is 16.0. The van der Waals surface area contributed by atoms with E-state index in [1.165, 1.54) is 24.8 Å². The van der Waals surface area contributed by atoms with Gasteiger partial charge in [-0.25, -0.2) is 9.37 Å². The molecule has 7 heteroatoms. The van der Waals surface area contributed by atoms with E-state index < -0.39 is 17.8 Å². The summed E-state index contributed by atoms with van der Waals surface area (Å²) in [5, 5.41) is 5.50. The molecule has 2 N–H and O–H groups in total. The molecule has 150 valence electrons. The third-order valence-corrected chi connectivity index (χ3v) is 5.08. The summed E-state index contributed by atoms with van der Waals surface area (Å²) in [7, 11) is 0. The van der Waals surface area contributed by atoms with E-state index in [0.717, 1.165) is 25.7 Å². The van der Waals surface area contributed by atoms with E-state index in [1.807, 2.05) is 13.8 Å². The Labute approximate surface area is 163 Å². The van der Waals surface area contributed by atoms with Gasteiger partial charge >= 0.3 is 0 Å². The fourth-order valence-electron chi connectivity index (χ4n) is 3.43. The van der Waals surface area contributed by atoms with E-state index in [1.54, 1.807) is 12.1 Å². The number of amides is 2. The molecule has 0 aliphatic heterocycles. The van der Waals surface area contributed by atoms with Crippen molar-refractivity contribution in [2.75, 3.05) is 5.32 Å². The Morgan fingerprint density at radius 2 is 1.89 bits per heavy atom. The number of nitrogens with one attached hydrogen (secondary N) is 2. The summed E-state index contributed by atoms with van der Waals surface area (Å²) in [6.45, 7) is 3.91. The van der Waals surface area contributed by atoms with Crippen LogP contribution in [0.15, 0.2) is 34.9 Å². The molecular formula is C21H26FN3O3. The highest BCUT2D eigenvalue weighted by atomic mass is 19.1. The summed E-state index contributed by atoms with van der Waals surface area (Å²) >= 11 is 0. The van der Waals surface area contributed by atoms with Gasteiger partial charge in [0.25, 0.3) is 5.91 Å². The van der Waals surface area contributed by atoms with Crippen molar-refractivity contribution in [3.63, 3.8) is 0 Å². The smallest absolute Gasteiger partial charge is 0.277 e. The second kappa shape index (κ2) is 8.99. The van der Waals surface area contributed by atoms with Gasteiger partial charge < -0.3 is 15.1 Å². The molecule has 6 nitrogen and oxygen atoms in total. The number of aromatic nitrogens is 1. The van der Waals surface area contributed by atoms with Gasteiger partial charge in [-0.2, -0.15) is 0 Å². The molecule has 2 amide bonds. The Kier molecular flexibility index (Phi) is 6.44. The number of carbonyl (C=O) groups excluding carboxylic acids is 2. The molecule has 2 aromatic rings. The first kappa shape index (κ1) is 20.0. The number of oxazole rings is 1. The summed E-state index contributed by atoms with van der Waals surface area (Å²) in [5.41, 5.74) is 0.110. The molecule has 1 saturated carbocycles. The molecule has 1 aliphatic carbocycles. The van der Waals surface area contributed by atoms with Crippen molar-refractivity contribution in [3.8, 4) is 0 Å². The molecule has 1 fully saturated rings. The second-order valence-corrected chi connectivity index (χ2v) is 7.57. The maximum Gasteiger partial charge on any atom is 0.277 e. The molecule has 0 saturated heterocycles. The zero-order valence-corrected chi connectivity index (χ0v) is 16.2. The minimum Gasteiger partial charge on any atom is -0.446 e. The highest BCUT2D eigenvalue weighted by molar-refractivity contribution is 6.02. The first-order chi connectivity index (χ1) is 13.5. The third-order valence-electron chi connectivity index (χ3n) is 5.08. The first-order valence-corrected chi connectivity index (χ1v) is 9.77. The fraction of sp³-hybridized carbons (Fsp3) is 0.476. The maximum absolute atomic E-state index is 13.7. The van der Waals surface area contributed by atoms with E-state index in [2.05, 4.69) is 15.6 Å². The average molecular weight is 387 g/mol. The zero-order valence-electron chi connectivity index (χ0n) is 16.2. The molecule has 0 bridgehead atoms. The molecule has 1 aliphatic rings. The Morgan fingerprint density at radius 1 is 1.18 bits per heavy atom. The predicted molar refractivity (Wildman–Crippen MR) is 103 cm³/mol. The number of hydrogen-bond donors (Lipinski definition) is 2. The van der Waals surface area contributed by atoms with Crippen LogP contribution in [-0.2, 0) is 4.79 Å². The summed E-state index contributed by atoms with van der Waals surface area (Å²) in [6, 6.07) is 5.48. The van der Waals surface area contributed by atoms with Crippen molar-refractivity contribution in [2.45, 2.75) is 52.0 Å². The van der Waals surface area contributed by atoms with Gasteiger partial charge in [0.05, 0.1) is 5.69 Å². The molecule has 3 rings (SSSR count). The lowest BCUT2D eigenvalue weighted by molar-refractivity contribution is -0.127. The van der Waals surface area contributed by atoms with Crippen LogP contribution in [0.4, 0.5) is 10.1 Å². The lowest BCUT2D eigenvalue weighted by Gasteiger charge is -2.25. The molecule has 0 radical (unpaired) electrons. The van der Waals surface area contributed by atoms with Gasteiger partial charge in [0.1, 0.15) is 18.1 Å². The van der Waals surface area contributed by atoms with Crippen LogP contribution in [0.5, 0.6) is 0 Å². The van der Waals surface area contributed by atoms with Crippen molar-refractivity contribution in [3.05, 3.63) is 47.9 Å². The molecule has 28 heavy (non-hydrogen) atoms. The van der Waals surface area contributed by atoms with Crippen LogP contribution in [0.3, 0.4) is 0 Å². The van der Waals surface area contributed by atoms with Crippen LogP contribution in [0.1, 0.15) is 68.4 Å². The van der Waals surface area contributed by atoms with Gasteiger partial charge in [0.15, 0.2) is 5.69 Å². The van der Waals surface area contributed by atoms with Crippen molar-refractivity contribution in [1.82, 2.24) is 10.3 Å². The molecule has 1 aromatic carbocycles. The van der Waals surface area contributed by atoms with E-state index in [0.29, 0.717) is 0 Å². The van der Waals surface area contributed by atoms with Gasteiger partial charge in [-0.15, -0.1) is 0 Å². The van der Waals surface area contributed by atoms with Crippen LogP contribution in [0.25, 0.3) is 0 Å². The Morgan fingerprint density at radius 3 is 2.57 bits per heavy atom. The molecule has 1 heterocycles. The Balaban J connectivity index is 1.69. The van der Waals surface area contributed by atoms with Crippen LogP contribution in [0.2, 0.25) is 0 Å². The lowest BCUT2D eigenvalue weighted by Crippen LogP contribution is -2.37. The number of anilines is 1. The van der Waals surface area contributed by atoms with Crippen molar-refractivity contribution in [1.29, 1.82) is 0 Å². The highest BCUT2D eigenvalue weighted by Crippen LogP contribution is 2.27. The van der Waals surface area contributed by atoms with E-state index in [-0.39, 0.29) is 35.0 Å². The third kappa shape index (κ3) is 4.77. The number of nitrogens with zero attached hydrogens (tertiary/aromatic N) is 1. The standard InChI is InChI=1S/C21H26FN3O3/c1-13(2)18(25-19(26)14-8-4-3-5-9-14)21-24-17(12-28-21)20(27)23-16-11-7-6-10-15(16)22/h6-7,10-14,18H,3-5,8-9H2,1-2H3,(H,23,27)(H,25,26)/t18-/m1/s1. The maximum atomic E-state index is 13.7. The fourth-order valence-corrected chi connectivity index (χ4v) is 3.43. The Bertz CT molecular complexity index is 828. The zero-order chi connectivity index (χ0) is 20.1. The van der Waals surface area contributed by atoms with Crippen molar-refractivity contribution >= 4 is 17.5 Å². The van der Waals surface area contributed by atoms with Gasteiger partial charge in [0, 0.05) is 5.92 Å². The summed E-state index contributed by atoms with van der Waals surface area (Å²) in [4.78, 5) is 29.2. The van der Waals surface area contributed by atoms with Gasteiger partial charge in [-0.3, -0.25) is 9.59 Å². The van der Waals surface area contributed by atoms with Crippen LogP contribution >= 0.6 is 0 Å². The second-order valence-electron chi connectivity index (χ2n) is 7.57. The number of hydrogen-bond acceptors (Lipinski definition) is 4. The topological polar surface area (TPSA) is 84.2 Å². The number of halogens is 1. The van der Waals surface area contributed by atoms with Crippen molar-refractivity contribution in [2.24, 2.45) is 11.8 Å². The summed E-state index contributed by atoms with van der Waals surface area (Å²) in [6.07, 6.45) is 6.36. The summed E-state index contributed by atoms with van der Waals surface area (Å²) in [5.74, 6) is -0.755. The molecule has 1 aromatic heterocycles.